The Morgan fingerprint density at radius 2 is 1.79 bits per heavy atom. The van der Waals surface area contributed by atoms with Crippen molar-refractivity contribution < 1.29 is 9.59 Å². The zero-order valence-corrected chi connectivity index (χ0v) is 17.9. The van der Waals surface area contributed by atoms with Crippen LogP contribution in [0.1, 0.15) is 38.3 Å². The largest absolute Gasteiger partial charge is 0.312 e. The van der Waals surface area contributed by atoms with Crippen molar-refractivity contribution >= 4 is 39.6 Å². The molecule has 0 aliphatic carbocycles. The van der Waals surface area contributed by atoms with Gasteiger partial charge in [0.05, 0.1) is 12.1 Å². The first-order valence-electron chi connectivity index (χ1n) is 9.23. The number of halogens is 1. The van der Waals surface area contributed by atoms with Gasteiger partial charge in [-0.3, -0.25) is 9.59 Å². The first-order chi connectivity index (χ1) is 13.2. The summed E-state index contributed by atoms with van der Waals surface area (Å²) in [5.74, 6) is -0.698. The standard InChI is InChI=1S/C22H24BrN3O2/c1-22(2,3)17-6-4-15(5-7-17)13-24-25-21(28)16-12-20(27)26(14-16)19-10-8-18(23)9-11-19/h4-11,13,16H,12,14H2,1-3H3,(H,25,28)/b24-13-/t16-/m0/s1. The topological polar surface area (TPSA) is 61.8 Å². The highest BCUT2D eigenvalue weighted by Crippen LogP contribution is 2.26. The predicted octanol–water partition coefficient (Wildman–Crippen LogP) is 4.25. The van der Waals surface area contributed by atoms with Crippen LogP contribution in [0.2, 0.25) is 0 Å². The molecule has 6 heteroatoms. The highest BCUT2D eigenvalue weighted by molar-refractivity contribution is 9.10. The van der Waals surface area contributed by atoms with Crippen LogP contribution in [0.25, 0.3) is 0 Å². The number of carbonyl (C=O) groups is 2. The third-order valence-electron chi connectivity index (χ3n) is 4.80. The van der Waals surface area contributed by atoms with Crippen LogP contribution in [0, 0.1) is 5.92 Å². The fraction of sp³-hybridized carbons (Fsp3) is 0.318. The normalized spacial score (nSPS) is 17.4. The average Bonchev–Trinajstić information content (AvgIpc) is 3.04. The molecule has 146 valence electrons. The van der Waals surface area contributed by atoms with Gasteiger partial charge in [-0.2, -0.15) is 5.10 Å². The maximum Gasteiger partial charge on any atom is 0.245 e. The van der Waals surface area contributed by atoms with Crippen molar-refractivity contribution in [3.63, 3.8) is 0 Å². The van der Waals surface area contributed by atoms with Crippen molar-refractivity contribution in [3.8, 4) is 0 Å². The summed E-state index contributed by atoms with van der Waals surface area (Å²) in [5.41, 5.74) is 5.61. The Bertz CT molecular complexity index is 883. The van der Waals surface area contributed by atoms with Gasteiger partial charge in [0.25, 0.3) is 0 Å². The molecule has 1 heterocycles. The zero-order valence-electron chi connectivity index (χ0n) is 16.3. The lowest BCUT2D eigenvalue weighted by atomic mass is 9.87. The molecule has 5 nitrogen and oxygen atoms in total. The third-order valence-corrected chi connectivity index (χ3v) is 5.33. The van der Waals surface area contributed by atoms with Crippen molar-refractivity contribution in [2.24, 2.45) is 11.0 Å². The SMILES string of the molecule is CC(C)(C)c1ccc(/C=N\NC(=O)[C@H]2CC(=O)N(c3ccc(Br)cc3)C2)cc1. The van der Waals surface area contributed by atoms with Crippen LogP contribution in [-0.4, -0.2) is 24.6 Å². The van der Waals surface area contributed by atoms with Gasteiger partial charge in [-0.25, -0.2) is 5.43 Å². The van der Waals surface area contributed by atoms with Gasteiger partial charge in [0, 0.05) is 23.1 Å². The predicted molar refractivity (Wildman–Crippen MR) is 115 cm³/mol. The van der Waals surface area contributed by atoms with Gasteiger partial charge in [0.15, 0.2) is 0 Å². The number of hydrogen-bond donors (Lipinski definition) is 1. The molecule has 1 atom stereocenters. The minimum absolute atomic E-state index is 0.0516. The minimum atomic E-state index is -0.406. The second-order valence-corrected chi connectivity index (χ2v) is 8.90. The molecule has 0 unspecified atom stereocenters. The van der Waals surface area contributed by atoms with E-state index in [1.807, 2.05) is 36.4 Å². The molecular formula is C22H24BrN3O2. The van der Waals surface area contributed by atoms with Gasteiger partial charge in [0.2, 0.25) is 11.8 Å². The average molecular weight is 442 g/mol. The summed E-state index contributed by atoms with van der Waals surface area (Å²) in [5, 5.41) is 4.05. The molecule has 0 aromatic heterocycles. The fourth-order valence-electron chi connectivity index (χ4n) is 3.08. The van der Waals surface area contributed by atoms with Crippen LogP contribution in [0.3, 0.4) is 0 Å². The van der Waals surface area contributed by atoms with Crippen LogP contribution in [-0.2, 0) is 15.0 Å². The molecule has 2 amide bonds. The number of nitrogens with one attached hydrogen (secondary N) is 1. The lowest BCUT2D eigenvalue weighted by Crippen LogP contribution is -2.30. The number of benzene rings is 2. The van der Waals surface area contributed by atoms with Crippen molar-refractivity contribution in [2.75, 3.05) is 11.4 Å². The smallest absolute Gasteiger partial charge is 0.245 e. The summed E-state index contributed by atoms with van der Waals surface area (Å²) in [7, 11) is 0. The van der Waals surface area contributed by atoms with Gasteiger partial charge < -0.3 is 4.90 Å². The van der Waals surface area contributed by atoms with E-state index in [4.69, 9.17) is 0 Å². The lowest BCUT2D eigenvalue weighted by Gasteiger charge is -2.18. The molecule has 1 N–H and O–H groups in total. The van der Waals surface area contributed by atoms with E-state index in [9.17, 15) is 9.59 Å². The first-order valence-corrected chi connectivity index (χ1v) is 10.0. The molecule has 2 aromatic rings. The van der Waals surface area contributed by atoms with Crippen molar-refractivity contribution in [3.05, 3.63) is 64.1 Å². The number of hydrazone groups is 1. The van der Waals surface area contributed by atoms with Gasteiger partial charge >= 0.3 is 0 Å². The highest BCUT2D eigenvalue weighted by atomic mass is 79.9. The van der Waals surface area contributed by atoms with Crippen LogP contribution in [0.4, 0.5) is 5.69 Å². The van der Waals surface area contributed by atoms with E-state index in [0.717, 1.165) is 15.7 Å². The van der Waals surface area contributed by atoms with Gasteiger partial charge in [0.1, 0.15) is 0 Å². The molecule has 0 saturated carbocycles. The van der Waals surface area contributed by atoms with Crippen molar-refractivity contribution in [1.82, 2.24) is 5.43 Å². The van der Waals surface area contributed by atoms with Gasteiger partial charge in [-0.15, -0.1) is 0 Å². The molecule has 1 fully saturated rings. The molecule has 0 bridgehead atoms. The molecule has 0 spiro atoms. The number of hydrogen-bond acceptors (Lipinski definition) is 3. The second kappa shape index (κ2) is 8.27. The third kappa shape index (κ3) is 4.87. The molecule has 28 heavy (non-hydrogen) atoms. The van der Waals surface area contributed by atoms with Crippen molar-refractivity contribution in [1.29, 1.82) is 0 Å². The summed E-state index contributed by atoms with van der Waals surface area (Å²) >= 11 is 3.38. The van der Waals surface area contributed by atoms with E-state index in [-0.39, 0.29) is 23.7 Å². The number of anilines is 1. The Morgan fingerprint density at radius 1 is 1.14 bits per heavy atom. The molecule has 0 radical (unpaired) electrons. The molecule has 3 rings (SSSR count). The Balaban J connectivity index is 1.57. The monoisotopic (exact) mass is 441 g/mol. The molecule has 1 aliphatic heterocycles. The van der Waals surface area contributed by atoms with E-state index < -0.39 is 5.92 Å². The summed E-state index contributed by atoms with van der Waals surface area (Å²) < 4.78 is 0.946. The second-order valence-electron chi connectivity index (χ2n) is 7.99. The first kappa shape index (κ1) is 20.3. The minimum Gasteiger partial charge on any atom is -0.312 e. The van der Waals surface area contributed by atoms with E-state index in [1.165, 1.54) is 5.56 Å². The zero-order chi connectivity index (χ0) is 20.3. The Morgan fingerprint density at radius 3 is 2.39 bits per heavy atom. The maximum absolute atomic E-state index is 12.4. The molecule has 2 aromatic carbocycles. The number of nitrogens with zero attached hydrogens (tertiary/aromatic N) is 2. The molecular weight excluding hydrogens is 418 g/mol. The number of rotatable bonds is 4. The van der Waals surface area contributed by atoms with E-state index in [2.05, 4.69) is 59.4 Å². The highest BCUT2D eigenvalue weighted by Gasteiger charge is 2.35. The maximum atomic E-state index is 12.4. The number of carbonyl (C=O) groups excluding carboxylic acids is 2. The Labute approximate surface area is 173 Å². The fourth-order valence-corrected chi connectivity index (χ4v) is 3.35. The van der Waals surface area contributed by atoms with Gasteiger partial charge in [-0.05, 0) is 40.8 Å². The van der Waals surface area contributed by atoms with Crippen LogP contribution in [0.5, 0.6) is 0 Å². The quantitative estimate of drug-likeness (QED) is 0.569. The van der Waals surface area contributed by atoms with E-state index >= 15 is 0 Å². The molecule has 1 aliphatic rings. The Hall–Kier alpha value is -2.47. The summed E-state index contributed by atoms with van der Waals surface area (Å²) in [6.45, 7) is 6.85. The van der Waals surface area contributed by atoms with Crippen LogP contribution in [0.15, 0.2) is 58.1 Å². The molecule has 1 saturated heterocycles. The summed E-state index contributed by atoms with van der Waals surface area (Å²) in [6.07, 6.45) is 1.81. The Kier molecular flexibility index (Phi) is 5.98. The summed E-state index contributed by atoms with van der Waals surface area (Å²) in [4.78, 5) is 26.3. The lowest BCUT2D eigenvalue weighted by molar-refractivity contribution is -0.126. The summed E-state index contributed by atoms with van der Waals surface area (Å²) in [6, 6.07) is 15.6. The van der Waals surface area contributed by atoms with E-state index in [1.54, 1.807) is 11.1 Å². The number of amides is 2. The van der Waals surface area contributed by atoms with Gasteiger partial charge in [-0.1, -0.05) is 61.0 Å². The van der Waals surface area contributed by atoms with E-state index in [0.29, 0.717) is 6.54 Å². The van der Waals surface area contributed by atoms with Crippen LogP contribution < -0.4 is 10.3 Å². The van der Waals surface area contributed by atoms with Crippen molar-refractivity contribution in [2.45, 2.75) is 32.6 Å². The van der Waals surface area contributed by atoms with Crippen LogP contribution >= 0.6 is 15.9 Å².